The van der Waals surface area contributed by atoms with Gasteiger partial charge in [0.25, 0.3) is 0 Å². The highest BCUT2D eigenvalue weighted by atomic mass is 35.5. The van der Waals surface area contributed by atoms with Crippen molar-refractivity contribution in [3.63, 3.8) is 0 Å². The molecule has 0 fully saturated rings. The number of aliphatic hydroxyl groups is 2. The summed E-state index contributed by atoms with van der Waals surface area (Å²) in [6.07, 6.45) is 3.86. The zero-order valence-corrected chi connectivity index (χ0v) is 15.9. The monoisotopic (exact) mass is 409 g/mol. The zero-order chi connectivity index (χ0) is 19.6. The molecule has 0 saturated carbocycles. The molecule has 27 heavy (non-hydrogen) atoms. The number of ether oxygens (including phenoxy) is 1. The molecule has 1 aromatic rings. The summed E-state index contributed by atoms with van der Waals surface area (Å²) in [6, 6.07) is 3.87. The zero-order valence-electron chi connectivity index (χ0n) is 15.1. The molecule has 0 bridgehead atoms. The molecule has 4 nitrogen and oxygen atoms in total. The van der Waals surface area contributed by atoms with Crippen LogP contribution < -0.4 is 10.5 Å². The van der Waals surface area contributed by atoms with Gasteiger partial charge in [0.1, 0.15) is 5.75 Å². The number of unbranched alkanes of at least 4 members (excludes halogenated alkanes) is 3. The van der Waals surface area contributed by atoms with E-state index in [1.165, 1.54) is 12.1 Å². The van der Waals surface area contributed by atoms with Crippen LogP contribution in [0.5, 0.6) is 5.75 Å². The Morgan fingerprint density at radius 2 is 1.78 bits per heavy atom. The molecule has 0 aromatic heterocycles. The molecule has 0 unspecified atom stereocenters. The second-order valence-electron chi connectivity index (χ2n) is 6.37. The average Bonchev–Trinajstić information content (AvgIpc) is 2.62. The SMILES string of the molecule is C#CCCCCCOc1ccc(CCC(N)(CO)CO)cc1C(F)(F)F.Cl. The van der Waals surface area contributed by atoms with E-state index in [1.54, 1.807) is 0 Å². The van der Waals surface area contributed by atoms with Crippen molar-refractivity contribution in [3.05, 3.63) is 29.3 Å². The predicted octanol–water partition coefficient (Wildman–Crippen LogP) is 3.31. The summed E-state index contributed by atoms with van der Waals surface area (Å²) in [5, 5.41) is 18.3. The number of hydrogen-bond donors (Lipinski definition) is 3. The Balaban J connectivity index is 0.00000676. The first kappa shape index (κ1) is 25.5. The number of hydrogen-bond acceptors (Lipinski definition) is 4. The first-order valence-electron chi connectivity index (χ1n) is 8.53. The molecule has 0 radical (unpaired) electrons. The molecular formula is C19H27ClF3NO3. The van der Waals surface area contributed by atoms with E-state index in [4.69, 9.17) is 27.1 Å². The van der Waals surface area contributed by atoms with Gasteiger partial charge in [-0.2, -0.15) is 13.2 Å². The molecule has 0 amide bonds. The smallest absolute Gasteiger partial charge is 0.419 e. The topological polar surface area (TPSA) is 75.7 Å². The van der Waals surface area contributed by atoms with Gasteiger partial charge in [-0.1, -0.05) is 6.07 Å². The Morgan fingerprint density at radius 1 is 1.11 bits per heavy atom. The van der Waals surface area contributed by atoms with E-state index < -0.39 is 30.5 Å². The quantitative estimate of drug-likeness (QED) is 0.387. The molecule has 0 aliphatic rings. The molecule has 0 aliphatic heterocycles. The van der Waals surface area contributed by atoms with Crippen LogP contribution in [-0.4, -0.2) is 35.6 Å². The Hall–Kier alpha value is -1.46. The highest BCUT2D eigenvalue weighted by molar-refractivity contribution is 5.85. The fraction of sp³-hybridized carbons (Fsp3) is 0.579. The number of benzene rings is 1. The third-order valence-electron chi connectivity index (χ3n) is 4.11. The summed E-state index contributed by atoms with van der Waals surface area (Å²) >= 11 is 0. The van der Waals surface area contributed by atoms with Gasteiger partial charge >= 0.3 is 6.18 Å². The van der Waals surface area contributed by atoms with Crippen molar-refractivity contribution in [2.24, 2.45) is 5.73 Å². The van der Waals surface area contributed by atoms with Crippen molar-refractivity contribution in [2.45, 2.75) is 50.2 Å². The van der Waals surface area contributed by atoms with Crippen molar-refractivity contribution in [1.29, 1.82) is 0 Å². The van der Waals surface area contributed by atoms with Gasteiger partial charge in [-0.05, 0) is 49.8 Å². The third kappa shape index (κ3) is 8.85. The molecular weight excluding hydrogens is 383 g/mol. The lowest BCUT2D eigenvalue weighted by Gasteiger charge is -2.24. The fourth-order valence-electron chi connectivity index (χ4n) is 2.37. The number of aliphatic hydroxyl groups excluding tert-OH is 2. The number of aryl methyl sites for hydroxylation is 1. The van der Waals surface area contributed by atoms with Gasteiger partial charge < -0.3 is 20.7 Å². The first-order chi connectivity index (χ1) is 12.3. The minimum Gasteiger partial charge on any atom is -0.493 e. The molecule has 0 aliphatic carbocycles. The largest absolute Gasteiger partial charge is 0.493 e. The van der Waals surface area contributed by atoms with Crippen LogP contribution in [0.4, 0.5) is 13.2 Å². The number of halogens is 4. The van der Waals surface area contributed by atoms with Gasteiger partial charge in [0, 0.05) is 6.42 Å². The normalized spacial score (nSPS) is 11.6. The summed E-state index contributed by atoms with van der Waals surface area (Å²) < 4.78 is 45.2. The van der Waals surface area contributed by atoms with Crippen molar-refractivity contribution in [2.75, 3.05) is 19.8 Å². The number of rotatable bonds is 11. The van der Waals surface area contributed by atoms with Crippen LogP contribution in [-0.2, 0) is 12.6 Å². The van der Waals surface area contributed by atoms with Crippen LogP contribution in [0, 0.1) is 12.3 Å². The Morgan fingerprint density at radius 3 is 2.33 bits per heavy atom. The summed E-state index contributed by atoms with van der Waals surface area (Å²) in [7, 11) is 0. The molecule has 0 spiro atoms. The molecule has 154 valence electrons. The molecule has 0 heterocycles. The molecule has 0 saturated heterocycles. The van der Waals surface area contributed by atoms with Gasteiger partial charge in [-0.3, -0.25) is 0 Å². The van der Waals surface area contributed by atoms with Crippen LogP contribution >= 0.6 is 12.4 Å². The predicted molar refractivity (Wildman–Crippen MR) is 101 cm³/mol. The van der Waals surface area contributed by atoms with E-state index in [0.29, 0.717) is 18.4 Å². The van der Waals surface area contributed by atoms with Crippen LogP contribution in [0.1, 0.15) is 43.2 Å². The maximum absolute atomic E-state index is 13.3. The molecule has 8 heteroatoms. The lowest BCUT2D eigenvalue weighted by molar-refractivity contribution is -0.139. The Labute approximate surface area is 164 Å². The minimum atomic E-state index is -4.54. The minimum absolute atomic E-state index is 0. The lowest BCUT2D eigenvalue weighted by atomic mass is 9.93. The van der Waals surface area contributed by atoms with Crippen molar-refractivity contribution in [1.82, 2.24) is 0 Å². The van der Waals surface area contributed by atoms with Crippen LogP contribution in [0.2, 0.25) is 0 Å². The molecule has 0 atom stereocenters. The molecule has 4 N–H and O–H groups in total. The maximum Gasteiger partial charge on any atom is 0.419 e. The highest BCUT2D eigenvalue weighted by Gasteiger charge is 2.35. The van der Waals surface area contributed by atoms with Crippen molar-refractivity contribution in [3.8, 4) is 18.1 Å². The van der Waals surface area contributed by atoms with Gasteiger partial charge in [0.05, 0.1) is 30.9 Å². The van der Waals surface area contributed by atoms with Gasteiger partial charge in [-0.15, -0.1) is 24.8 Å². The Bertz CT molecular complexity index is 599. The van der Waals surface area contributed by atoms with E-state index in [1.807, 2.05) is 0 Å². The summed E-state index contributed by atoms with van der Waals surface area (Å²) in [5.74, 6) is 2.31. The van der Waals surface area contributed by atoms with Gasteiger partial charge in [-0.25, -0.2) is 0 Å². The van der Waals surface area contributed by atoms with Gasteiger partial charge in [0.2, 0.25) is 0 Å². The van der Waals surface area contributed by atoms with E-state index >= 15 is 0 Å². The standard InChI is InChI=1S/C19H26F3NO3.ClH/c1-2-3-4-5-6-11-26-17-8-7-15(12-16(17)19(20,21)22)9-10-18(23,13-24)14-25;/h1,7-8,12,24-25H,3-6,9-11,13-14,23H2;1H. The lowest BCUT2D eigenvalue weighted by Crippen LogP contribution is -2.47. The van der Waals surface area contributed by atoms with Crippen LogP contribution in [0.3, 0.4) is 0 Å². The van der Waals surface area contributed by atoms with E-state index in [9.17, 15) is 13.2 Å². The van der Waals surface area contributed by atoms with Crippen molar-refractivity contribution >= 4 is 12.4 Å². The number of alkyl halides is 3. The first-order valence-corrected chi connectivity index (χ1v) is 8.53. The van der Waals surface area contributed by atoms with E-state index in [0.717, 1.165) is 18.9 Å². The van der Waals surface area contributed by atoms with Gasteiger partial charge in [0.15, 0.2) is 0 Å². The van der Waals surface area contributed by atoms with Crippen LogP contribution in [0.25, 0.3) is 0 Å². The molecule has 1 aromatic carbocycles. The summed E-state index contributed by atoms with van der Waals surface area (Å²) in [5.41, 5.74) is 4.11. The number of nitrogens with two attached hydrogens (primary N) is 1. The maximum atomic E-state index is 13.3. The molecule has 1 rings (SSSR count). The fourth-order valence-corrected chi connectivity index (χ4v) is 2.37. The van der Waals surface area contributed by atoms with E-state index in [2.05, 4.69) is 5.92 Å². The van der Waals surface area contributed by atoms with E-state index in [-0.39, 0.29) is 37.6 Å². The second-order valence-corrected chi connectivity index (χ2v) is 6.37. The summed E-state index contributed by atoms with van der Waals surface area (Å²) in [4.78, 5) is 0. The third-order valence-corrected chi connectivity index (χ3v) is 4.11. The average molecular weight is 410 g/mol. The summed E-state index contributed by atoms with van der Waals surface area (Å²) in [6.45, 7) is -0.707. The number of terminal acetylenes is 1. The van der Waals surface area contributed by atoms with Crippen LogP contribution in [0.15, 0.2) is 18.2 Å². The second kappa shape index (κ2) is 12.1. The highest BCUT2D eigenvalue weighted by Crippen LogP contribution is 2.37. The van der Waals surface area contributed by atoms with Crippen molar-refractivity contribution < 1.29 is 28.1 Å². The Kier molecular flexibility index (Phi) is 11.4.